The number of aromatic nitrogens is 2. The van der Waals surface area contributed by atoms with Crippen LogP contribution in [0.25, 0.3) is 11.3 Å². The molecule has 0 spiro atoms. The van der Waals surface area contributed by atoms with E-state index in [1.54, 1.807) is 19.2 Å². The number of amides is 1. The van der Waals surface area contributed by atoms with Gasteiger partial charge in [-0.05, 0) is 36.8 Å². The van der Waals surface area contributed by atoms with Gasteiger partial charge in [0.1, 0.15) is 0 Å². The van der Waals surface area contributed by atoms with Crippen molar-refractivity contribution in [2.45, 2.75) is 6.92 Å². The van der Waals surface area contributed by atoms with Crippen molar-refractivity contribution in [3.05, 3.63) is 82.1 Å². The van der Waals surface area contributed by atoms with Gasteiger partial charge in [0, 0.05) is 29.9 Å². The monoisotopic (exact) mass is 319 g/mol. The number of nitrogens with one attached hydrogen (secondary N) is 1. The topological polar surface area (TPSA) is 64.0 Å². The van der Waals surface area contributed by atoms with E-state index < -0.39 is 0 Å². The smallest absolute Gasteiger partial charge is 0.266 e. The van der Waals surface area contributed by atoms with Crippen LogP contribution in [-0.4, -0.2) is 15.7 Å². The molecule has 0 bridgehead atoms. The Morgan fingerprint density at radius 1 is 1.04 bits per heavy atom. The molecule has 1 aromatic heterocycles. The van der Waals surface area contributed by atoms with Gasteiger partial charge in [0.15, 0.2) is 0 Å². The third-order valence-electron chi connectivity index (χ3n) is 3.77. The van der Waals surface area contributed by atoms with Gasteiger partial charge in [0.05, 0.1) is 5.69 Å². The molecule has 0 atom stereocenters. The second-order valence-corrected chi connectivity index (χ2v) is 5.53. The van der Waals surface area contributed by atoms with E-state index in [4.69, 9.17) is 0 Å². The molecule has 5 heteroatoms. The van der Waals surface area contributed by atoms with Gasteiger partial charge in [-0.3, -0.25) is 9.59 Å². The van der Waals surface area contributed by atoms with Gasteiger partial charge in [-0.15, -0.1) is 0 Å². The molecule has 0 saturated carbocycles. The van der Waals surface area contributed by atoms with E-state index in [2.05, 4.69) is 10.4 Å². The van der Waals surface area contributed by atoms with Crippen LogP contribution in [0.5, 0.6) is 0 Å². The van der Waals surface area contributed by atoms with Crippen molar-refractivity contribution in [3.63, 3.8) is 0 Å². The molecule has 1 N–H and O–H groups in total. The van der Waals surface area contributed by atoms with Gasteiger partial charge in [0.25, 0.3) is 11.5 Å². The van der Waals surface area contributed by atoms with Gasteiger partial charge in [0.2, 0.25) is 0 Å². The van der Waals surface area contributed by atoms with Gasteiger partial charge < -0.3 is 5.32 Å². The van der Waals surface area contributed by atoms with Crippen LogP contribution in [0.2, 0.25) is 0 Å². The van der Waals surface area contributed by atoms with Crippen molar-refractivity contribution >= 4 is 11.6 Å². The van der Waals surface area contributed by atoms with Crippen LogP contribution in [0.4, 0.5) is 5.69 Å². The molecule has 0 aliphatic rings. The highest BCUT2D eigenvalue weighted by molar-refractivity contribution is 6.05. The summed E-state index contributed by atoms with van der Waals surface area (Å²) in [5.41, 5.74) is 3.57. The summed E-state index contributed by atoms with van der Waals surface area (Å²) in [6.07, 6.45) is 0. The summed E-state index contributed by atoms with van der Waals surface area (Å²) in [4.78, 5) is 23.9. The zero-order valence-electron chi connectivity index (χ0n) is 13.5. The Bertz CT molecular complexity index is 961. The maximum atomic E-state index is 12.4. The number of anilines is 1. The van der Waals surface area contributed by atoms with Crippen molar-refractivity contribution in [1.29, 1.82) is 0 Å². The predicted octanol–water partition coefficient (Wildman–Crippen LogP) is 3.01. The maximum absolute atomic E-state index is 12.4. The number of carbonyl (C=O) groups is 1. The molecule has 0 unspecified atom stereocenters. The first-order chi connectivity index (χ1) is 11.5. The fourth-order valence-electron chi connectivity index (χ4n) is 2.44. The van der Waals surface area contributed by atoms with E-state index in [9.17, 15) is 9.59 Å². The highest BCUT2D eigenvalue weighted by atomic mass is 16.1. The van der Waals surface area contributed by atoms with E-state index in [0.29, 0.717) is 16.9 Å². The minimum Gasteiger partial charge on any atom is -0.322 e. The van der Waals surface area contributed by atoms with Gasteiger partial charge in [-0.2, -0.15) is 5.10 Å². The Morgan fingerprint density at radius 2 is 1.83 bits per heavy atom. The summed E-state index contributed by atoms with van der Waals surface area (Å²) in [6, 6.07) is 18.0. The highest BCUT2D eigenvalue weighted by Crippen LogP contribution is 2.20. The molecule has 1 heterocycles. The summed E-state index contributed by atoms with van der Waals surface area (Å²) in [7, 11) is 1.61. The Morgan fingerprint density at radius 3 is 2.58 bits per heavy atom. The third-order valence-corrected chi connectivity index (χ3v) is 3.77. The normalized spacial score (nSPS) is 10.4. The summed E-state index contributed by atoms with van der Waals surface area (Å²) < 4.78 is 1.29. The van der Waals surface area contributed by atoms with Gasteiger partial charge >= 0.3 is 0 Å². The molecule has 3 rings (SSSR count). The fraction of sp³-hybridized carbons (Fsp3) is 0.105. The SMILES string of the molecule is Cc1ccccc1C(=O)Nc1cccc(-c2ccc(=O)n(C)n2)c1. The van der Waals surface area contributed by atoms with Crippen LogP contribution in [0.15, 0.2) is 65.5 Å². The summed E-state index contributed by atoms with van der Waals surface area (Å²) in [5.74, 6) is -0.154. The lowest BCUT2D eigenvalue weighted by Gasteiger charge is -2.09. The van der Waals surface area contributed by atoms with Crippen LogP contribution in [-0.2, 0) is 7.05 Å². The Labute approximate surface area is 139 Å². The average molecular weight is 319 g/mol. The number of nitrogens with zero attached hydrogens (tertiary/aromatic N) is 2. The standard InChI is InChI=1S/C19H17N3O2/c1-13-6-3-4-9-16(13)19(24)20-15-8-5-7-14(12-15)17-10-11-18(23)22(2)21-17/h3-12H,1-2H3,(H,20,24). The van der Waals surface area contributed by atoms with E-state index in [0.717, 1.165) is 11.1 Å². The average Bonchev–Trinajstić information content (AvgIpc) is 2.58. The largest absolute Gasteiger partial charge is 0.322 e. The maximum Gasteiger partial charge on any atom is 0.266 e. The van der Waals surface area contributed by atoms with Crippen molar-refractivity contribution < 1.29 is 4.79 Å². The molecule has 5 nitrogen and oxygen atoms in total. The van der Waals surface area contributed by atoms with Gasteiger partial charge in [-0.1, -0.05) is 30.3 Å². The predicted molar refractivity (Wildman–Crippen MR) is 94.0 cm³/mol. The lowest BCUT2D eigenvalue weighted by atomic mass is 10.1. The zero-order chi connectivity index (χ0) is 17.1. The van der Waals surface area contributed by atoms with Crippen molar-refractivity contribution in [3.8, 4) is 11.3 Å². The molecule has 24 heavy (non-hydrogen) atoms. The zero-order valence-corrected chi connectivity index (χ0v) is 13.5. The quantitative estimate of drug-likeness (QED) is 0.807. The molecular formula is C19H17N3O2. The number of hydrogen-bond acceptors (Lipinski definition) is 3. The second-order valence-electron chi connectivity index (χ2n) is 5.53. The number of rotatable bonds is 3. The second kappa shape index (κ2) is 6.50. The Kier molecular flexibility index (Phi) is 4.24. The molecule has 0 aliphatic heterocycles. The molecule has 0 fully saturated rings. The van der Waals surface area contributed by atoms with Gasteiger partial charge in [-0.25, -0.2) is 4.68 Å². The van der Waals surface area contributed by atoms with Crippen LogP contribution in [0, 0.1) is 6.92 Å². The van der Waals surface area contributed by atoms with E-state index >= 15 is 0 Å². The summed E-state index contributed by atoms with van der Waals surface area (Å²) in [6.45, 7) is 1.90. The first-order valence-electron chi connectivity index (χ1n) is 7.56. The molecule has 0 radical (unpaired) electrons. The molecule has 0 aliphatic carbocycles. The molecule has 1 amide bonds. The highest BCUT2D eigenvalue weighted by Gasteiger charge is 2.09. The molecule has 3 aromatic rings. The van der Waals surface area contributed by atoms with Crippen LogP contribution in [0.3, 0.4) is 0 Å². The number of benzene rings is 2. The fourth-order valence-corrected chi connectivity index (χ4v) is 2.44. The molecule has 2 aromatic carbocycles. The molecule has 0 saturated heterocycles. The Hall–Kier alpha value is -3.21. The minimum absolute atomic E-state index is 0.154. The summed E-state index contributed by atoms with van der Waals surface area (Å²) >= 11 is 0. The number of aryl methyl sites for hydroxylation is 2. The van der Waals surface area contributed by atoms with Crippen LogP contribution < -0.4 is 10.9 Å². The molecular weight excluding hydrogens is 302 g/mol. The van der Waals surface area contributed by atoms with Crippen molar-refractivity contribution in [2.24, 2.45) is 7.05 Å². The first-order valence-corrected chi connectivity index (χ1v) is 7.56. The third kappa shape index (κ3) is 3.25. The van der Waals surface area contributed by atoms with E-state index in [1.165, 1.54) is 10.7 Å². The van der Waals surface area contributed by atoms with Crippen molar-refractivity contribution in [1.82, 2.24) is 9.78 Å². The minimum atomic E-state index is -0.164. The molecule has 120 valence electrons. The first kappa shape index (κ1) is 15.7. The lowest BCUT2D eigenvalue weighted by Crippen LogP contribution is -2.18. The number of hydrogen-bond donors (Lipinski definition) is 1. The van der Waals surface area contributed by atoms with Crippen LogP contribution in [0.1, 0.15) is 15.9 Å². The van der Waals surface area contributed by atoms with Crippen LogP contribution >= 0.6 is 0 Å². The summed E-state index contributed by atoms with van der Waals surface area (Å²) in [5, 5.41) is 7.13. The van der Waals surface area contributed by atoms with Crippen molar-refractivity contribution in [2.75, 3.05) is 5.32 Å². The Balaban J connectivity index is 1.88. The van der Waals surface area contributed by atoms with E-state index in [-0.39, 0.29) is 11.5 Å². The lowest BCUT2D eigenvalue weighted by molar-refractivity contribution is 0.102. The number of carbonyl (C=O) groups excluding carboxylic acids is 1. The van der Waals surface area contributed by atoms with E-state index in [1.807, 2.05) is 49.4 Å².